The van der Waals surface area contributed by atoms with E-state index < -0.39 is 24.4 Å². The second-order valence-corrected chi connectivity index (χ2v) is 10.5. The minimum absolute atomic E-state index is 0.0181. The minimum Gasteiger partial charge on any atom is -0.459 e. The summed E-state index contributed by atoms with van der Waals surface area (Å²) in [7, 11) is 0. The van der Waals surface area contributed by atoms with E-state index in [4.69, 9.17) is 46.6 Å². The van der Waals surface area contributed by atoms with E-state index in [0.717, 1.165) is 16.7 Å². The van der Waals surface area contributed by atoms with Crippen molar-refractivity contribution >= 4 is 34.3 Å². The highest BCUT2D eigenvalue weighted by atomic mass is 35.5. The predicted octanol–water partition coefficient (Wildman–Crippen LogP) is 7.36. The molecule has 3 heterocycles. The van der Waals surface area contributed by atoms with Gasteiger partial charge in [-0.15, -0.1) is 0 Å². The molecule has 0 amide bonds. The summed E-state index contributed by atoms with van der Waals surface area (Å²) < 4.78 is 31.7. The van der Waals surface area contributed by atoms with Gasteiger partial charge < -0.3 is 23.4 Å². The van der Waals surface area contributed by atoms with Gasteiger partial charge in [0.1, 0.15) is 29.9 Å². The monoisotopic (exact) mass is 590 g/mol. The summed E-state index contributed by atoms with van der Waals surface area (Å²) >= 11 is 12.5. The molecular weight excluding hydrogens is 563 g/mol. The minimum atomic E-state index is -0.590. The zero-order valence-corrected chi connectivity index (χ0v) is 23.6. The van der Waals surface area contributed by atoms with Crippen LogP contribution in [0.25, 0.3) is 11.1 Å². The number of ether oxygens (including phenoxy) is 4. The van der Waals surface area contributed by atoms with Gasteiger partial charge in [0, 0.05) is 5.56 Å². The van der Waals surface area contributed by atoms with Crippen LogP contribution in [-0.2, 0) is 38.8 Å². The van der Waals surface area contributed by atoms with Crippen molar-refractivity contribution in [3.05, 3.63) is 130 Å². The number of fused-ring (bicyclic) bond motifs is 1. The summed E-state index contributed by atoms with van der Waals surface area (Å²) in [6.45, 7) is 1.48. The van der Waals surface area contributed by atoms with Crippen molar-refractivity contribution in [2.45, 2.75) is 44.2 Å². The lowest BCUT2D eigenvalue weighted by atomic mass is 10.0. The maximum absolute atomic E-state index is 6.65. The maximum Gasteiger partial charge on any atom is 0.224 e. The molecule has 9 heteroatoms. The van der Waals surface area contributed by atoms with E-state index in [1.165, 1.54) is 0 Å². The van der Waals surface area contributed by atoms with Gasteiger partial charge in [0.15, 0.2) is 10.7 Å². The van der Waals surface area contributed by atoms with Crippen molar-refractivity contribution < 1.29 is 23.4 Å². The Morgan fingerprint density at radius 3 is 1.85 bits per heavy atom. The highest BCUT2D eigenvalue weighted by molar-refractivity contribution is 6.35. The van der Waals surface area contributed by atoms with Crippen LogP contribution in [0.3, 0.4) is 0 Å². The zero-order chi connectivity index (χ0) is 28.0. The van der Waals surface area contributed by atoms with Crippen molar-refractivity contribution in [3.8, 4) is 0 Å². The topological polar surface area (TPSA) is 75.8 Å². The lowest BCUT2D eigenvalue weighted by Gasteiger charge is -2.25. The van der Waals surface area contributed by atoms with E-state index in [0.29, 0.717) is 43.1 Å². The van der Waals surface area contributed by atoms with Crippen LogP contribution in [0.15, 0.2) is 102 Å². The van der Waals surface area contributed by atoms with Crippen LogP contribution in [0.5, 0.6) is 0 Å². The number of furan rings is 1. The number of hydrogen-bond acceptors (Lipinski definition) is 7. The molecular formula is C32H28Cl2N2O5. The zero-order valence-electron chi connectivity index (χ0n) is 22.1. The first-order chi connectivity index (χ1) is 20.2. The lowest BCUT2D eigenvalue weighted by molar-refractivity contribution is -0.0898. The van der Waals surface area contributed by atoms with E-state index in [1.807, 2.05) is 91.0 Å². The molecule has 5 aromatic rings. The van der Waals surface area contributed by atoms with Crippen molar-refractivity contribution in [3.63, 3.8) is 0 Å². The van der Waals surface area contributed by atoms with Gasteiger partial charge in [0.2, 0.25) is 5.28 Å². The lowest BCUT2D eigenvalue weighted by Crippen LogP contribution is -2.37. The van der Waals surface area contributed by atoms with Gasteiger partial charge in [-0.05, 0) is 28.3 Å². The van der Waals surface area contributed by atoms with Crippen molar-refractivity contribution in [1.29, 1.82) is 0 Å². The molecule has 3 aromatic carbocycles. The first kappa shape index (κ1) is 27.8. The summed E-state index contributed by atoms with van der Waals surface area (Å²) in [6.07, 6.45) is -0.430. The van der Waals surface area contributed by atoms with Crippen LogP contribution < -0.4 is 0 Å². The third-order valence-corrected chi connectivity index (χ3v) is 7.38. The molecule has 0 unspecified atom stereocenters. The van der Waals surface area contributed by atoms with E-state index in [9.17, 15) is 0 Å². The fourth-order valence-electron chi connectivity index (χ4n) is 4.97. The molecule has 0 radical (unpaired) electrons. The number of hydrogen-bond donors (Lipinski definition) is 0. The average Bonchev–Trinajstić information content (AvgIpc) is 3.57. The van der Waals surface area contributed by atoms with Gasteiger partial charge in [-0.1, -0.05) is 103 Å². The van der Waals surface area contributed by atoms with Gasteiger partial charge in [-0.3, -0.25) is 0 Å². The molecule has 6 rings (SSSR count). The molecule has 0 spiro atoms. The molecule has 0 bridgehead atoms. The first-order valence-corrected chi connectivity index (χ1v) is 14.1. The van der Waals surface area contributed by atoms with E-state index in [2.05, 4.69) is 9.97 Å². The van der Waals surface area contributed by atoms with Crippen LogP contribution in [0.2, 0.25) is 10.4 Å². The predicted molar refractivity (Wildman–Crippen MR) is 156 cm³/mol. The Labute approximate surface area is 247 Å². The highest BCUT2D eigenvalue weighted by Crippen LogP contribution is 2.42. The summed E-state index contributed by atoms with van der Waals surface area (Å²) in [5.74, 6) is 0. The first-order valence-electron chi connectivity index (χ1n) is 13.3. The third-order valence-electron chi connectivity index (χ3n) is 6.95. The van der Waals surface area contributed by atoms with Crippen LogP contribution >= 0.6 is 23.2 Å². The van der Waals surface area contributed by atoms with Gasteiger partial charge >= 0.3 is 0 Å². The van der Waals surface area contributed by atoms with E-state index in [-0.39, 0.29) is 10.4 Å². The van der Waals surface area contributed by atoms with Gasteiger partial charge in [0.25, 0.3) is 0 Å². The fraction of sp³-hybridized carbons (Fsp3) is 0.250. The molecule has 1 aliphatic rings. The molecule has 210 valence electrons. The van der Waals surface area contributed by atoms with Gasteiger partial charge in [-0.2, -0.15) is 0 Å². The maximum atomic E-state index is 6.65. The van der Waals surface area contributed by atoms with Crippen LogP contribution in [0.4, 0.5) is 0 Å². The third kappa shape index (κ3) is 6.62. The van der Waals surface area contributed by atoms with Crippen LogP contribution in [0, 0.1) is 0 Å². The number of nitrogens with zero attached hydrogens (tertiary/aromatic N) is 2. The second-order valence-electron chi connectivity index (χ2n) is 9.77. The summed E-state index contributed by atoms with van der Waals surface area (Å²) in [4.78, 5) is 8.42. The quantitative estimate of drug-likeness (QED) is 0.117. The Kier molecular flexibility index (Phi) is 8.91. The van der Waals surface area contributed by atoms with E-state index in [1.54, 1.807) is 6.26 Å². The van der Waals surface area contributed by atoms with Gasteiger partial charge in [0.05, 0.1) is 32.7 Å². The summed E-state index contributed by atoms with van der Waals surface area (Å²) in [5.41, 5.74) is 4.61. The smallest absolute Gasteiger partial charge is 0.224 e. The Bertz CT molecular complexity index is 1550. The molecule has 41 heavy (non-hydrogen) atoms. The Morgan fingerprint density at radius 2 is 1.24 bits per heavy atom. The standard InChI is InChI=1S/C32H28Cl2N2O5/c33-31-29-26(35-32(34)36-31)24(19-40-29)27-30(39-18-23-14-8-3-9-15-23)28(38-17-22-12-6-2-7-13-22)25(41-27)20-37-16-21-10-4-1-5-11-21/h1-15,19,25,27-28,30H,16-18,20H2/t25-,27+,28-,30+/m1/s1. The summed E-state index contributed by atoms with van der Waals surface area (Å²) in [6, 6.07) is 30.0. The SMILES string of the molecule is Clc1nc(Cl)c2occ([C@@H]3O[C@H](COCc4ccccc4)[C@@H](OCc4ccccc4)[C@H]3OCc3ccccc3)c2n1. The summed E-state index contributed by atoms with van der Waals surface area (Å²) in [5, 5.41) is 0.148. The van der Waals surface area contributed by atoms with E-state index >= 15 is 0 Å². The Balaban J connectivity index is 1.31. The highest BCUT2D eigenvalue weighted by Gasteiger charge is 2.48. The largest absolute Gasteiger partial charge is 0.459 e. The van der Waals surface area contributed by atoms with Crippen LogP contribution in [0.1, 0.15) is 28.4 Å². The molecule has 0 saturated carbocycles. The van der Waals surface area contributed by atoms with Crippen molar-refractivity contribution in [2.24, 2.45) is 0 Å². The average molecular weight is 591 g/mol. The molecule has 2 aromatic heterocycles. The normalized spacial score (nSPS) is 20.5. The number of aromatic nitrogens is 2. The molecule has 0 aliphatic carbocycles. The molecule has 1 saturated heterocycles. The number of halogens is 2. The molecule has 1 fully saturated rings. The Hall–Kier alpha value is -3.30. The van der Waals surface area contributed by atoms with Crippen molar-refractivity contribution in [1.82, 2.24) is 9.97 Å². The second kappa shape index (κ2) is 13.1. The van der Waals surface area contributed by atoms with Crippen molar-refractivity contribution in [2.75, 3.05) is 6.61 Å². The molecule has 1 aliphatic heterocycles. The number of rotatable bonds is 11. The molecule has 7 nitrogen and oxygen atoms in total. The van der Waals surface area contributed by atoms with Crippen LogP contribution in [-0.4, -0.2) is 34.9 Å². The fourth-order valence-corrected chi connectivity index (χ4v) is 5.40. The Morgan fingerprint density at radius 1 is 0.683 bits per heavy atom. The van der Waals surface area contributed by atoms with Gasteiger partial charge in [-0.25, -0.2) is 9.97 Å². The molecule has 0 N–H and O–H groups in total. The number of benzene rings is 3. The molecule has 4 atom stereocenters.